The summed E-state index contributed by atoms with van der Waals surface area (Å²) in [5.74, 6) is -0.0113. The van der Waals surface area contributed by atoms with Crippen LogP contribution in [0.5, 0.6) is 0 Å². The minimum Gasteiger partial charge on any atom is -0.267 e. The molecule has 0 aliphatic carbocycles. The molecule has 0 spiro atoms. The number of sulfonamides is 1. The number of anilines is 1. The molecule has 0 radical (unpaired) electrons. The average Bonchev–Trinajstić information content (AvgIpc) is 2.63. The molecule has 5 nitrogen and oxygen atoms in total. The van der Waals surface area contributed by atoms with Crippen molar-refractivity contribution in [2.45, 2.75) is 20.3 Å². The van der Waals surface area contributed by atoms with Crippen molar-refractivity contribution in [3.8, 4) is 0 Å². The van der Waals surface area contributed by atoms with E-state index >= 15 is 0 Å². The number of benzene rings is 1. The lowest BCUT2D eigenvalue weighted by atomic mass is 10.2. The average molecular weight is 311 g/mol. The standard InChI is InChI=1S/C14H18FN3O2S/c1-10-11(2)16-18(3)14(10)17-21(19,20)8-7-12-5-4-6-13(15)9-12/h4-6,9,17H,7-8H2,1-3H3. The lowest BCUT2D eigenvalue weighted by Gasteiger charge is -2.09. The molecule has 0 saturated carbocycles. The molecule has 0 fully saturated rings. The van der Waals surface area contributed by atoms with Crippen molar-refractivity contribution in [2.75, 3.05) is 10.5 Å². The molecule has 7 heteroatoms. The van der Waals surface area contributed by atoms with Gasteiger partial charge in [-0.15, -0.1) is 0 Å². The highest BCUT2D eigenvalue weighted by Crippen LogP contribution is 2.18. The largest absolute Gasteiger partial charge is 0.267 e. The van der Waals surface area contributed by atoms with Crippen LogP contribution in [-0.2, 0) is 23.5 Å². The highest BCUT2D eigenvalue weighted by molar-refractivity contribution is 7.92. The number of aromatic nitrogens is 2. The second kappa shape index (κ2) is 5.85. The number of rotatable bonds is 5. The summed E-state index contributed by atoms with van der Waals surface area (Å²) >= 11 is 0. The number of hydrogen-bond donors (Lipinski definition) is 1. The number of aryl methyl sites for hydroxylation is 3. The fraction of sp³-hybridized carbons (Fsp3) is 0.357. The Bertz CT molecular complexity index is 754. The first kappa shape index (κ1) is 15.5. The molecule has 2 rings (SSSR count). The quantitative estimate of drug-likeness (QED) is 0.920. The molecule has 1 aromatic heterocycles. The molecule has 0 bridgehead atoms. The van der Waals surface area contributed by atoms with Crippen LogP contribution in [0, 0.1) is 19.7 Å². The Morgan fingerprint density at radius 1 is 1.33 bits per heavy atom. The Hall–Kier alpha value is -1.89. The summed E-state index contributed by atoms with van der Waals surface area (Å²) in [6.07, 6.45) is 0.253. The topological polar surface area (TPSA) is 64.0 Å². The van der Waals surface area contributed by atoms with Gasteiger partial charge in [-0.2, -0.15) is 5.10 Å². The van der Waals surface area contributed by atoms with Gasteiger partial charge in [-0.25, -0.2) is 12.8 Å². The maximum absolute atomic E-state index is 13.1. The van der Waals surface area contributed by atoms with Gasteiger partial charge in [0, 0.05) is 12.6 Å². The first-order chi connectivity index (χ1) is 9.78. The van der Waals surface area contributed by atoms with E-state index in [2.05, 4.69) is 9.82 Å². The van der Waals surface area contributed by atoms with Crippen molar-refractivity contribution < 1.29 is 12.8 Å². The number of nitrogens with zero attached hydrogens (tertiary/aromatic N) is 2. The van der Waals surface area contributed by atoms with Crippen LogP contribution in [0.1, 0.15) is 16.8 Å². The summed E-state index contributed by atoms with van der Waals surface area (Å²) in [6.45, 7) is 3.63. The van der Waals surface area contributed by atoms with E-state index in [9.17, 15) is 12.8 Å². The van der Waals surface area contributed by atoms with Gasteiger partial charge in [0.1, 0.15) is 11.6 Å². The van der Waals surface area contributed by atoms with Crippen molar-refractivity contribution in [3.63, 3.8) is 0 Å². The monoisotopic (exact) mass is 311 g/mol. The third kappa shape index (κ3) is 3.81. The van der Waals surface area contributed by atoms with Crippen molar-refractivity contribution in [2.24, 2.45) is 7.05 Å². The maximum atomic E-state index is 13.1. The van der Waals surface area contributed by atoms with Crippen LogP contribution in [0.4, 0.5) is 10.2 Å². The van der Waals surface area contributed by atoms with Gasteiger partial charge in [-0.3, -0.25) is 9.40 Å². The van der Waals surface area contributed by atoms with Crippen LogP contribution in [0.25, 0.3) is 0 Å². The summed E-state index contributed by atoms with van der Waals surface area (Å²) in [7, 11) is -1.83. The zero-order chi connectivity index (χ0) is 15.6. The van der Waals surface area contributed by atoms with Crippen LogP contribution in [0.15, 0.2) is 24.3 Å². The van der Waals surface area contributed by atoms with Crippen LogP contribution < -0.4 is 4.72 Å². The van der Waals surface area contributed by atoms with E-state index in [1.807, 2.05) is 13.8 Å². The van der Waals surface area contributed by atoms with Crippen LogP contribution in [0.2, 0.25) is 0 Å². The Balaban J connectivity index is 2.09. The fourth-order valence-corrected chi connectivity index (χ4v) is 3.24. The molecule has 2 aromatic rings. The van der Waals surface area contributed by atoms with Crippen LogP contribution >= 0.6 is 0 Å². The molecular weight excluding hydrogens is 293 g/mol. The maximum Gasteiger partial charge on any atom is 0.234 e. The number of nitrogens with one attached hydrogen (secondary N) is 1. The van der Waals surface area contributed by atoms with Gasteiger partial charge in [-0.1, -0.05) is 12.1 Å². The summed E-state index contributed by atoms with van der Waals surface area (Å²) in [5.41, 5.74) is 2.23. The first-order valence-electron chi connectivity index (χ1n) is 6.53. The van der Waals surface area contributed by atoms with Crippen molar-refractivity contribution in [1.29, 1.82) is 0 Å². The summed E-state index contributed by atoms with van der Waals surface area (Å²) < 4.78 is 41.4. The van der Waals surface area contributed by atoms with Gasteiger partial charge in [-0.05, 0) is 38.0 Å². The Kier molecular flexibility index (Phi) is 4.32. The van der Waals surface area contributed by atoms with E-state index in [0.29, 0.717) is 11.4 Å². The molecule has 114 valence electrons. The molecule has 0 aliphatic rings. The van der Waals surface area contributed by atoms with Gasteiger partial charge in [0.15, 0.2) is 0 Å². The summed E-state index contributed by atoms with van der Waals surface area (Å²) in [5, 5.41) is 4.16. The molecular formula is C14H18FN3O2S. The lowest BCUT2D eigenvalue weighted by Crippen LogP contribution is -2.20. The van der Waals surface area contributed by atoms with E-state index in [-0.39, 0.29) is 18.0 Å². The van der Waals surface area contributed by atoms with Crippen LogP contribution in [0.3, 0.4) is 0 Å². The Morgan fingerprint density at radius 2 is 2.05 bits per heavy atom. The van der Waals surface area contributed by atoms with E-state index in [0.717, 1.165) is 11.3 Å². The molecule has 0 unspecified atom stereocenters. The summed E-state index contributed by atoms with van der Waals surface area (Å²) in [4.78, 5) is 0. The predicted octanol–water partition coefficient (Wildman–Crippen LogP) is 2.16. The second-order valence-corrected chi connectivity index (χ2v) is 6.83. The molecule has 1 aromatic carbocycles. The second-order valence-electron chi connectivity index (χ2n) is 4.98. The van der Waals surface area contributed by atoms with Gasteiger partial charge in [0.05, 0.1) is 11.4 Å². The third-order valence-corrected chi connectivity index (χ3v) is 4.57. The van der Waals surface area contributed by atoms with Crippen molar-refractivity contribution >= 4 is 15.8 Å². The smallest absolute Gasteiger partial charge is 0.234 e. The fourth-order valence-electron chi connectivity index (χ4n) is 2.05. The molecule has 1 N–H and O–H groups in total. The van der Waals surface area contributed by atoms with Gasteiger partial charge >= 0.3 is 0 Å². The normalized spacial score (nSPS) is 11.6. The van der Waals surface area contributed by atoms with Gasteiger partial charge < -0.3 is 0 Å². The summed E-state index contributed by atoms with van der Waals surface area (Å²) in [6, 6.07) is 5.95. The number of halogens is 1. The van der Waals surface area contributed by atoms with E-state index in [1.54, 1.807) is 19.2 Å². The van der Waals surface area contributed by atoms with E-state index in [4.69, 9.17) is 0 Å². The Morgan fingerprint density at radius 3 is 2.62 bits per heavy atom. The Labute approximate surface area is 123 Å². The molecule has 0 aliphatic heterocycles. The minimum atomic E-state index is -3.51. The molecule has 0 saturated heterocycles. The van der Waals surface area contributed by atoms with Crippen molar-refractivity contribution in [1.82, 2.24) is 9.78 Å². The first-order valence-corrected chi connectivity index (χ1v) is 8.19. The minimum absolute atomic E-state index is 0.111. The van der Waals surface area contributed by atoms with E-state index < -0.39 is 10.0 Å². The lowest BCUT2D eigenvalue weighted by molar-refractivity contribution is 0.598. The highest BCUT2D eigenvalue weighted by Gasteiger charge is 2.16. The molecule has 21 heavy (non-hydrogen) atoms. The molecule has 0 atom stereocenters. The van der Waals surface area contributed by atoms with Crippen molar-refractivity contribution in [3.05, 3.63) is 46.9 Å². The third-order valence-electron chi connectivity index (χ3n) is 3.32. The molecule has 0 amide bonds. The van der Waals surface area contributed by atoms with Gasteiger partial charge in [0.25, 0.3) is 0 Å². The molecule has 1 heterocycles. The van der Waals surface area contributed by atoms with E-state index in [1.165, 1.54) is 16.8 Å². The van der Waals surface area contributed by atoms with Gasteiger partial charge in [0.2, 0.25) is 10.0 Å². The van der Waals surface area contributed by atoms with Crippen LogP contribution in [-0.4, -0.2) is 24.0 Å². The zero-order valence-corrected chi connectivity index (χ0v) is 13.0. The predicted molar refractivity (Wildman–Crippen MR) is 80.2 cm³/mol. The highest BCUT2D eigenvalue weighted by atomic mass is 32.2. The SMILES string of the molecule is Cc1nn(C)c(NS(=O)(=O)CCc2cccc(F)c2)c1C. The number of hydrogen-bond acceptors (Lipinski definition) is 3. The zero-order valence-electron chi connectivity index (χ0n) is 12.2.